The summed E-state index contributed by atoms with van der Waals surface area (Å²) < 4.78 is 0. The molecule has 0 saturated heterocycles. The van der Waals surface area contributed by atoms with E-state index in [1.165, 1.54) is 6.42 Å². The summed E-state index contributed by atoms with van der Waals surface area (Å²) in [6, 6.07) is 0. The molecular weight excluding hydrogens is 152 g/mol. The average molecular weight is 174 g/mol. The zero-order chi connectivity index (χ0) is 9.56. The third-order valence-electron chi connectivity index (χ3n) is 2.60. The highest BCUT2D eigenvalue weighted by Gasteiger charge is 2.13. The minimum absolute atomic E-state index is 0.0223. The van der Waals surface area contributed by atoms with Crippen LogP contribution in [0, 0.1) is 11.8 Å². The van der Waals surface area contributed by atoms with Crippen LogP contribution in [-0.4, -0.2) is 22.9 Å². The van der Waals surface area contributed by atoms with Crippen molar-refractivity contribution in [3.05, 3.63) is 0 Å². The Morgan fingerprint density at radius 3 is 2.17 bits per heavy atom. The van der Waals surface area contributed by atoms with E-state index in [0.29, 0.717) is 5.92 Å². The molecule has 0 rings (SSSR count). The molecule has 0 aliphatic heterocycles. The van der Waals surface area contributed by atoms with E-state index in [1.807, 2.05) is 6.92 Å². The Hall–Kier alpha value is -0.0800. The SMILES string of the molecule is CC[C@H](C)CC[C@@H](O)[C@@H](C)CO. The van der Waals surface area contributed by atoms with Gasteiger partial charge in [0.25, 0.3) is 0 Å². The van der Waals surface area contributed by atoms with Gasteiger partial charge >= 0.3 is 0 Å². The lowest BCUT2D eigenvalue weighted by Gasteiger charge is -2.17. The van der Waals surface area contributed by atoms with Crippen molar-refractivity contribution < 1.29 is 10.2 Å². The van der Waals surface area contributed by atoms with Crippen LogP contribution in [0.4, 0.5) is 0 Å². The molecule has 0 aromatic carbocycles. The van der Waals surface area contributed by atoms with Crippen LogP contribution in [0.15, 0.2) is 0 Å². The van der Waals surface area contributed by atoms with Crippen LogP contribution in [0.1, 0.15) is 40.0 Å². The lowest BCUT2D eigenvalue weighted by Crippen LogP contribution is -2.21. The summed E-state index contributed by atoms with van der Waals surface area (Å²) in [6.07, 6.45) is 2.71. The summed E-state index contributed by atoms with van der Waals surface area (Å²) in [5, 5.41) is 18.3. The maximum Gasteiger partial charge on any atom is 0.0587 e. The second-order valence-corrected chi connectivity index (χ2v) is 3.82. The Morgan fingerprint density at radius 2 is 1.75 bits per heavy atom. The van der Waals surface area contributed by atoms with Crippen molar-refractivity contribution >= 4 is 0 Å². The minimum atomic E-state index is -0.330. The van der Waals surface area contributed by atoms with Gasteiger partial charge in [-0.2, -0.15) is 0 Å². The Bertz CT molecular complexity index is 104. The maximum absolute atomic E-state index is 9.50. The Morgan fingerprint density at radius 1 is 1.17 bits per heavy atom. The van der Waals surface area contributed by atoms with Crippen LogP contribution in [-0.2, 0) is 0 Å². The first-order valence-electron chi connectivity index (χ1n) is 4.90. The molecular formula is C10H22O2. The highest BCUT2D eigenvalue weighted by Crippen LogP contribution is 2.15. The highest BCUT2D eigenvalue weighted by atomic mass is 16.3. The molecule has 0 unspecified atom stereocenters. The topological polar surface area (TPSA) is 40.5 Å². The zero-order valence-electron chi connectivity index (χ0n) is 8.45. The Kier molecular flexibility index (Phi) is 6.39. The van der Waals surface area contributed by atoms with Crippen molar-refractivity contribution in [3.8, 4) is 0 Å². The number of aliphatic hydroxyl groups excluding tert-OH is 2. The van der Waals surface area contributed by atoms with Gasteiger partial charge in [0.15, 0.2) is 0 Å². The fourth-order valence-electron chi connectivity index (χ4n) is 1.07. The van der Waals surface area contributed by atoms with Gasteiger partial charge in [-0.15, -0.1) is 0 Å². The summed E-state index contributed by atoms with van der Waals surface area (Å²) in [5.74, 6) is 0.708. The van der Waals surface area contributed by atoms with Gasteiger partial charge in [-0.1, -0.05) is 27.2 Å². The van der Waals surface area contributed by atoms with Crippen molar-refractivity contribution in [2.45, 2.75) is 46.1 Å². The van der Waals surface area contributed by atoms with E-state index >= 15 is 0 Å². The smallest absolute Gasteiger partial charge is 0.0587 e. The summed E-state index contributed by atoms with van der Waals surface area (Å²) in [4.78, 5) is 0. The molecule has 2 heteroatoms. The molecule has 0 amide bonds. The molecule has 0 aromatic heterocycles. The third kappa shape index (κ3) is 4.73. The van der Waals surface area contributed by atoms with E-state index < -0.39 is 0 Å². The minimum Gasteiger partial charge on any atom is -0.396 e. The molecule has 74 valence electrons. The van der Waals surface area contributed by atoms with E-state index in [1.54, 1.807) is 0 Å². The van der Waals surface area contributed by atoms with Crippen LogP contribution in [0.25, 0.3) is 0 Å². The molecule has 12 heavy (non-hydrogen) atoms. The van der Waals surface area contributed by atoms with Crippen LogP contribution >= 0.6 is 0 Å². The molecule has 0 aromatic rings. The molecule has 0 aliphatic carbocycles. The van der Waals surface area contributed by atoms with Crippen molar-refractivity contribution in [2.75, 3.05) is 6.61 Å². The summed E-state index contributed by atoms with van der Waals surface area (Å²) >= 11 is 0. The largest absolute Gasteiger partial charge is 0.396 e. The molecule has 0 bridgehead atoms. The van der Waals surface area contributed by atoms with E-state index in [-0.39, 0.29) is 18.6 Å². The summed E-state index contributed by atoms with van der Waals surface area (Å²) in [6.45, 7) is 6.31. The number of hydrogen-bond donors (Lipinski definition) is 2. The van der Waals surface area contributed by atoms with E-state index in [9.17, 15) is 5.11 Å². The summed E-state index contributed by atoms with van der Waals surface area (Å²) in [7, 11) is 0. The number of aliphatic hydroxyl groups is 2. The van der Waals surface area contributed by atoms with Gasteiger partial charge in [0.1, 0.15) is 0 Å². The van der Waals surface area contributed by atoms with E-state index in [0.717, 1.165) is 12.8 Å². The van der Waals surface area contributed by atoms with Crippen LogP contribution in [0.2, 0.25) is 0 Å². The van der Waals surface area contributed by atoms with Gasteiger partial charge in [-0.3, -0.25) is 0 Å². The predicted molar refractivity (Wildman–Crippen MR) is 50.9 cm³/mol. The zero-order valence-corrected chi connectivity index (χ0v) is 8.45. The number of rotatable bonds is 6. The lowest BCUT2D eigenvalue weighted by molar-refractivity contribution is 0.0657. The van der Waals surface area contributed by atoms with Gasteiger partial charge < -0.3 is 10.2 Å². The quantitative estimate of drug-likeness (QED) is 0.644. The second kappa shape index (κ2) is 6.44. The molecule has 0 spiro atoms. The Labute approximate surface area is 75.6 Å². The van der Waals surface area contributed by atoms with Gasteiger partial charge in [0.2, 0.25) is 0 Å². The molecule has 0 aliphatic rings. The fourth-order valence-corrected chi connectivity index (χ4v) is 1.07. The van der Waals surface area contributed by atoms with E-state index in [2.05, 4.69) is 13.8 Å². The van der Waals surface area contributed by atoms with Crippen LogP contribution < -0.4 is 0 Å². The Balaban J connectivity index is 3.49. The molecule has 2 nitrogen and oxygen atoms in total. The first-order valence-corrected chi connectivity index (χ1v) is 4.90. The fraction of sp³-hybridized carbons (Fsp3) is 1.00. The monoisotopic (exact) mass is 174 g/mol. The van der Waals surface area contributed by atoms with Crippen LogP contribution in [0.5, 0.6) is 0 Å². The highest BCUT2D eigenvalue weighted by molar-refractivity contribution is 4.64. The molecule has 0 fully saturated rings. The van der Waals surface area contributed by atoms with Crippen LogP contribution in [0.3, 0.4) is 0 Å². The number of hydrogen-bond acceptors (Lipinski definition) is 2. The van der Waals surface area contributed by atoms with E-state index in [4.69, 9.17) is 5.11 Å². The first-order chi connectivity index (χ1) is 5.61. The lowest BCUT2D eigenvalue weighted by atomic mass is 9.95. The van der Waals surface area contributed by atoms with Crippen molar-refractivity contribution in [1.29, 1.82) is 0 Å². The standard InChI is InChI=1S/C10H22O2/c1-4-8(2)5-6-10(12)9(3)7-11/h8-12H,4-7H2,1-3H3/t8-,9-,10+/m0/s1. The third-order valence-corrected chi connectivity index (χ3v) is 2.60. The molecule has 2 N–H and O–H groups in total. The predicted octanol–water partition coefficient (Wildman–Crippen LogP) is 1.80. The summed E-state index contributed by atoms with van der Waals surface area (Å²) in [5.41, 5.74) is 0. The molecule has 3 atom stereocenters. The maximum atomic E-state index is 9.50. The van der Waals surface area contributed by atoms with Gasteiger partial charge in [-0.25, -0.2) is 0 Å². The van der Waals surface area contributed by atoms with Crippen molar-refractivity contribution in [3.63, 3.8) is 0 Å². The normalized spacial score (nSPS) is 18.8. The first kappa shape index (κ1) is 11.9. The molecule has 0 heterocycles. The molecule has 0 radical (unpaired) electrons. The van der Waals surface area contributed by atoms with Gasteiger partial charge in [-0.05, 0) is 18.8 Å². The average Bonchev–Trinajstić information content (AvgIpc) is 2.11. The van der Waals surface area contributed by atoms with Crippen molar-refractivity contribution in [2.24, 2.45) is 11.8 Å². The van der Waals surface area contributed by atoms with Gasteiger partial charge in [0, 0.05) is 12.5 Å². The molecule has 0 saturated carbocycles. The second-order valence-electron chi connectivity index (χ2n) is 3.82. The van der Waals surface area contributed by atoms with Crippen molar-refractivity contribution in [1.82, 2.24) is 0 Å². The van der Waals surface area contributed by atoms with Gasteiger partial charge in [0.05, 0.1) is 6.10 Å².